The molecule has 2 heterocycles. The van der Waals surface area contributed by atoms with Crippen LogP contribution in [-0.2, 0) is 4.79 Å². The van der Waals surface area contributed by atoms with Gasteiger partial charge in [-0.3, -0.25) is 9.20 Å². The predicted molar refractivity (Wildman–Crippen MR) is 77.1 cm³/mol. The Hall–Kier alpha value is -3.09. The Balaban J connectivity index is 2.10. The molecule has 0 amide bonds. The van der Waals surface area contributed by atoms with Gasteiger partial charge in [-0.25, -0.2) is 4.98 Å². The molecular formula is C15H11N4O3-. The van der Waals surface area contributed by atoms with Crippen LogP contribution in [0.15, 0.2) is 35.4 Å². The van der Waals surface area contributed by atoms with Crippen LogP contribution in [-0.4, -0.2) is 20.3 Å². The number of nitrogens with one attached hydrogen (secondary N) is 1. The van der Waals surface area contributed by atoms with Crippen LogP contribution in [0.25, 0.3) is 16.9 Å². The van der Waals surface area contributed by atoms with Gasteiger partial charge in [-0.2, -0.15) is 0 Å². The molecule has 0 spiro atoms. The molecule has 0 saturated heterocycles. The number of aromatic nitrogens is 3. The molecule has 7 nitrogen and oxygen atoms in total. The summed E-state index contributed by atoms with van der Waals surface area (Å²) in [6.45, 7) is 0. The largest absolute Gasteiger partial charge is 0.550 e. The summed E-state index contributed by atoms with van der Waals surface area (Å²) in [6, 6.07) is 5.25. The summed E-state index contributed by atoms with van der Waals surface area (Å²) in [5, 5.41) is 11.2. The number of imidazole rings is 1. The number of carboxylic acid groups (broad SMARTS) is 1. The number of fused-ring (bicyclic) bond motifs is 5. The molecule has 22 heavy (non-hydrogen) atoms. The predicted octanol–water partition coefficient (Wildman–Crippen LogP) is -0.143. The van der Waals surface area contributed by atoms with Crippen molar-refractivity contribution in [1.82, 2.24) is 14.4 Å². The van der Waals surface area contributed by atoms with E-state index in [0.29, 0.717) is 17.1 Å². The number of nitrogen functional groups attached to an aromatic ring is 1. The van der Waals surface area contributed by atoms with Crippen LogP contribution in [0.2, 0.25) is 0 Å². The van der Waals surface area contributed by atoms with E-state index in [4.69, 9.17) is 5.73 Å². The molecule has 1 aliphatic rings. The van der Waals surface area contributed by atoms with E-state index in [1.807, 2.05) is 0 Å². The summed E-state index contributed by atoms with van der Waals surface area (Å²) in [4.78, 5) is 30.1. The van der Waals surface area contributed by atoms with Crippen molar-refractivity contribution in [2.75, 3.05) is 5.73 Å². The molecule has 1 aliphatic carbocycles. The number of hydrogen-bond acceptors (Lipinski definition) is 5. The molecule has 4 rings (SSSR count). The van der Waals surface area contributed by atoms with Crippen molar-refractivity contribution in [1.29, 1.82) is 0 Å². The third-order valence-electron chi connectivity index (χ3n) is 4.02. The van der Waals surface area contributed by atoms with Crippen molar-refractivity contribution in [3.8, 4) is 11.3 Å². The average molecular weight is 295 g/mol. The summed E-state index contributed by atoms with van der Waals surface area (Å²) in [5.41, 5.74) is 9.14. The molecule has 1 atom stereocenters. The maximum Gasteiger partial charge on any atom is 0.292 e. The topological polar surface area (TPSA) is 116 Å². The number of aliphatic carboxylic acids is 1. The van der Waals surface area contributed by atoms with Gasteiger partial charge in [-0.1, -0.05) is 6.07 Å². The van der Waals surface area contributed by atoms with Gasteiger partial charge in [0.25, 0.3) is 5.56 Å². The first-order valence-electron chi connectivity index (χ1n) is 6.75. The lowest BCUT2D eigenvalue weighted by Gasteiger charge is -2.15. The fraction of sp³-hybridized carbons (Fsp3) is 0.133. The Morgan fingerprint density at radius 2 is 2.27 bits per heavy atom. The van der Waals surface area contributed by atoms with E-state index >= 15 is 0 Å². The van der Waals surface area contributed by atoms with Crippen molar-refractivity contribution in [3.63, 3.8) is 0 Å². The number of nitrogens with two attached hydrogens (primary N) is 1. The number of carboxylic acids is 1. The fourth-order valence-electron chi connectivity index (χ4n) is 3.18. The molecule has 0 radical (unpaired) electrons. The highest BCUT2D eigenvalue weighted by molar-refractivity contribution is 5.80. The van der Waals surface area contributed by atoms with Gasteiger partial charge in [0, 0.05) is 35.5 Å². The Morgan fingerprint density at radius 3 is 3.05 bits per heavy atom. The van der Waals surface area contributed by atoms with Gasteiger partial charge in [0.1, 0.15) is 0 Å². The molecule has 110 valence electrons. The van der Waals surface area contributed by atoms with Gasteiger partial charge >= 0.3 is 0 Å². The van der Waals surface area contributed by atoms with Crippen LogP contribution in [0, 0.1) is 0 Å². The highest BCUT2D eigenvalue weighted by atomic mass is 16.4. The van der Waals surface area contributed by atoms with Gasteiger partial charge in [0.05, 0.1) is 11.4 Å². The Labute approximate surface area is 124 Å². The monoisotopic (exact) mass is 295 g/mol. The van der Waals surface area contributed by atoms with Crippen molar-refractivity contribution in [2.24, 2.45) is 0 Å². The number of benzene rings is 1. The van der Waals surface area contributed by atoms with Crippen LogP contribution in [0.3, 0.4) is 0 Å². The van der Waals surface area contributed by atoms with E-state index in [1.54, 1.807) is 28.8 Å². The third kappa shape index (κ3) is 1.59. The smallest absolute Gasteiger partial charge is 0.292 e. The van der Waals surface area contributed by atoms with Crippen molar-refractivity contribution >= 4 is 17.3 Å². The van der Waals surface area contributed by atoms with Crippen molar-refractivity contribution < 1.29 is 9.90 Å². The van der Waals surface area contributed by atoms with Gasteiger partial charge in [-0.15, -0.1) is 0 Å². The quantitative estimate of drug-likeness (QED) is 0.638. The van der Waals surface area contributed by atoms with E-state index in [9.17, 15) is 14.7 Å². The minimum atomic E-state index is -1.16. The van der Waals surface area contributed by atoms with Crippen molar-refractivity contribution in [3.05, 3.63) is 52.2 Å². The van der Waals surface area contributed by atoms with Gasteiger partial charge in [0.15, 0.2) is 0 Å². The number of H-pyrrole nitrogens is 1. The van der Waals surface area contributed by atoms with Crippen LogP contribution in [0.1, 0.15) is 23.6 Å². The maximum absolute atomic E-state index is 12.1. The second kappa shape index (κ2) is 4.20. The third-order valence-corrected chi connectivity index (χ3v) is 4.02. The minimum absolute atomic E-state index is 0.192. The second-order valence-electron chi connectivity index (χ2n) is 5.31. The van der Waals surface area contributed by atoms with Crippen LogP contribution in [0.5, 0.6) is 0 Å². The van der Waals surface area contributed by atoms with E-state index in [2.05, 4.69) is 9.97 Å². The Bertz CT molecular complexity index is 986. The van der Waals surface area contributed by atoms with E-state index in [1.165, 1.54) is 6.20 Å². The maximum atomic E-state index is 12.1. The number of anilines is 1. The minimum Gasteiger partial charge on any atom is -0.550 e. The molecule has 0 fully saturated rings. The lowest BCUT2D eigenvalue weighted by atomic mass is 9.96. The molecule has 0 saturated carbocycles. The summed E-state index contributed by atoms with van der Waals surface area (Å²) in [6.07, 6.45) is 2.97. The Kier molecular flexibility index (Phi) is 2.41. The summed E-state index contributed by atoms with van der Waals surface area (Å²) >= 11 is 0. The van der Waals surface area contributed by atoms with Crippen molar-refractivity contribution in [2.45, 2.75) is 12.3 Å². The molecule has 1 unspecified atom stereocenters. The lowest BCUT2D eigenvalue weighted by Crippen LogP contribution is -2.25. The molecular weight excluding hydrogens is 284 g/mol. The standard InChI is InChI=1S/C15H12N4O3/c16-7-1-2-8-9(5-7)10(6-11(20)21)13-12(8)18-15(22)14-17-3-4-19(13)14/h1-5,10H,6,16H2,(H,18,22)(H,20,21)/p-1. The molecule has 2 aromatic heterocycles. The zero-order chi connectivity index (χ0) is 15.4. The number of hydrogen-bond donors (Lipinski definition) is 2. The number of rotatable bonds is 2. The number of carbonyl (C=O) groups excluding carboxylic acids is 1. The zero-order valence-electron chi connectivity index (χ0n) is 11.4. The first-order valence-corrected chi connectivity index (χ1v) is 6.75. The van der Waals surface area contributed by atoms with Gasteiger partial charge in [-0.05, 0) is 24.1 Å². The Morgan fingerprint density at radius 1 is 1.45 bits per heavy atom. The number of nitrogens with zero attached hydrogens (tertiary/aromatic N) is 2. The zero-order valence-corrected chi connectivity index (χ0v) is 11.4. The second-order valence-corrected chi connectivity index (χ2v) is 5.31. The van der Waals surface area contributed by atoms with Crippen LogP contribution >= 0.6 is 0 Å². The molecule has 3 aromatic rings. The SMILES string of the molecule is Nc1ccc2c(c1)C(CC(=O)[O-])c1c-2[nH]c(=O)c2nccn12. The number of carbonyl (C=O) groups is 1. The first kappa shape index (κ1) is 12.6. The first-order chi connectivity index (χ1) is 10.6. The lowest BCUT2D eigenvalue weighted by molar-refractivity contribution is -0.305. The molecule has 3 N–H and O–H groups in total. The highest BCUT2D eigenvalue weighted by Crippen LogP contribution is 2.45. The van der Waals surface area contributed by atoms with E-state index in [0.717, 1.165) is 11.1 Å². The van der Waals surface area contributed by atoms with E-state index in [-0.39, 0.29) is 17.6 Å². The highest BCUT2D eigenvalue weighted by Gasteiger charge is 2.32. The molecule has 7 heteroatoms. The number of aromatic amines is 1. The van der Waals surface area contributed by atoms with Crippen LogP contribution < -0.4 is 16.4 Å². The van der Waals surface area contributed by atoms with Gasteiger partial charge < -0.3 is 20.6 Å². The summed E-state index contributed by atoms with van der Waals surface area (Å²) < 4.78 is 1.64. The molecule has 0 aliphatic heterocycles. The molecule has 1 aromatic carbocycles. The molecule has 0 bridgehead atoms. The van der Waals surface area contributed by atoms with E-state index < -0.39 is 11.9 Å². The summed E-state index contributed by atoms with van der Waals surface area (Å²) in [5.74, 6) is -1.60. The normalized spacial score (nSPS) is 15.7. The summed E-state index contributed by atoms with van der Waals surface area (Å²) in [7, 11) is 0. The average Bonchev–Trinajstić information content (AvgIpc) is 3.03. The fourth-order valence-corrected chi connectivity index (χ4v) is 3.18. The van der Waals surface area contributed by atoms with Crippen LogP contribution in [0.4, 0.5) is 5.69 Å². The van der Waals surface area contributed by atoms with Gasteiger partial charge in [0.2, 0.25) is 5.65 Å².